The van der Waals surface area contributed by atoms with E-state index < -0.39 is 39.4 Å². The summed E-state index contributed by atoms with van der Waals surface area (Å²) >= 11 is 0. The zero-order valence-electron chi connectivity index (χ0n) is 15.2. The Kier molecular flexibility index (Phi) is 6.49. The van der Waals surface area contributed by atoms with Gasteiger partial charge in [0.2, 0.25) is 16.6 Å². The maximum absolute atomic E-state index is 12.0. The molecular formula is C16H18N2O9S. The van der Waals surface area contributed by atoms with Crippen molar-refractivity contribution in [3.8, 4) is 17.2 Å². The molecule has 12 heteroatoms. The van der Waals surface area contributed by atoms with Crippen molar-refractivity contribution in [2.45, 2.75) is 5.09 Å². The minimum Gasteiger partial charge on any atom is -0.493 e. The molecule has 152 valence electrons. The minimum absolute atomic E-state index is 0.310. The number of amides is 1. The van der Waals surface area contributed by atoms with Crippen molar-refractivity contribution in [1.82, 2.24) is 0 Å². The van der Waals surface area contributed by atoms with Crippen LogP contribution in [0.25, 0.3) is 0 Å². The molecule has 0 unspecified atom stereocenters. The van der Waals surface area contributed by atoms with Gasteiger partial charge in [-0.1, -0.05) is 0 Å². The van der Waals surface area contributed by atoms with Crippen LogP contribution in [0.3, 0.4) is 0 Å². The molecule has 2 aromatic rings. The number of carbonyl (C=O) groups excluding carboxylic acids is 2. The van der Waals surface area contributed by atoms with Crippen LogP contribution >= 0.6 is 0 Å². The maximum Gasteiger partial charge on any atom is 0.374 e. The van der Waals surface area contributed by atoms with Crippen LogP contribution in [0.1, 0.15) is 10.6 Å². The highest BCUT2D eigenvalue weighted by Crippen LogP contribution is 2.39. The van der Waals surface area contributed by atoms with E-state index in [4.69, 9.17) is 28.5 Å². The Labute approximate surface area is 160 Å². The van der Waals surface area contributed by atoms with Crippen molar-refractivity contribution in [2.75, 3.05) is 33.3 Å². The molecule has 0 aliphatic heterocycles. The summed E-state index contributed by atoms with van der Waals surface area (Å²) in [6, 6.07) is 5.05. The van der Waals surface area contributed by atoms with Gasteiger partial charge in [-0.15, -0.1) is 0 Å². The van der Waals surface area contributed by atoms with Crippen molar-refractivity contribution in [1.29, 1.82) is 0 Å². The van der Waals surface area contributed by atoms with E-state index in [0.29, 0.717) is 22.9 Å². The van der Waals surface area contributed by atoms with E-state index in [1.54, 1.807) is 0 Å². The van der Waals surface area contributed by atoms with Gasteiger partial charge in [0.15, 0.2) is 18.1 Å². The fourth-order valence-corrected chi connectivity index (χ4v) is 2.60. The van der Waals surface area contributed by atoms with Crippen molar-refractivity contribution in [3.05, 3.63) is 30.0 Å². The number of carbonyl (C=O) groups is 2. The summed E-state index contributed by atoms with van der Waals surface area (Å²) in [6.07, 6.45) is 0. The van der Waals surface area contributed by atoms with Gasteiger partial charge < -0.3 is 28.7 Å². The first-order valence-electron chi connectivity index (χ1n) is 7.59. The number of nitrogens with two attached hydrogens (primary N) is 1. The standard InChI is InChI=1S/C16H18N2O9S/c1-23-11-6-9(7-12(24-2)15(11)25-3)18-13(19)8-26-16(20)10-4-5-14(27-10)28(17,21)22/h4-7H,8H2,1-3H3,(H,18,19)(H2,17,21,22). The molecule has 3 N–H and O–H groups in total. The molecule has 28 heavy (non-hydrogen) atoms. The first-order valence-corrected chi connectivity index (χ1v) is 9.13. The predicted molar refractivity (Wildman–Crippen MR) is 95.1 cm³/mol. The summed E-state index contributed by atoms with van der Waals surface area (Å²) in [5.41, 5.74) is 0.310. The van der Waals surface area contributed by atoms with Gasteiger partial charge in [0.1, 0.15) is 0 Å². The first kappa shape index (κ1) is 21.1. The number of primary sulfonamides is 1. The molecule has 1 aromatic heterocycles. The second kappa shape index (κ2) is 8.63. The van der Waals surface area contributed by atoms with Crippen LogP contribution in [-0.4, -0.2) is 48.2 Å². The third-order valence-electron chi connectivity index (χ3n) is 3.35. The molecule has 1 aromatic carbocycles. The Balaban J connectivity index is 2.02. The number of benzene rings is 1. The van der Waals surface area contributed by atoms with Crippen LogP contribution < -0.4 is 24.7 Å². The van der Waals surface area contributed by atoms with E-state index in [2.05, 4.69) is 5.32 Å². The van der Waals surface area contributed by atoms with Crippen LogP contribution in [-0.2, 0) is 19.6 Å². The quantitative estimate of drug-likeness (QED) is 0.595. The van der Waals surface area contributed by atoms with Crippen molar-refractivity contribution >= 4 is 27.6 Å². The summed E-state index contributed by atoms with van der Waals surface area (Å²) in [5, 5.41) is 6.78. The topological polar surface area (TPSA) is 156 Å². The van der Waals surface area contributed by atoms with Gasteiger partial charge in [-0.3, -0.25) is 4.79 Å². The second-order valence-corrected chi connectivity index (χ2v) is 6.69. The van der Waals surface area contributed by atoms with E-state index >= 15 is 0 Å². The van der Waals surface area contributed by atoms with Gasteiger partial charge in [0, 0.05) is 17.8 Å². The maximum atomic E-state index is 12.0. The number of methoxy groups -OCH3 is 3. The Hall–Kier alpha value is -3.25. The third kappa shape index (κ3) is 4.92. The number of ether oxygens (including phenoxy) is 4. The molecule has 2 rings (SSSR count). The lowest BCUT2D eigenvalue weighted by molar-refractivity contribution is -0.119. The normalized spacial score (nSPS) is 10.9. The molecule has 0 bridgehead atoms. The third-order valence-corrected chi connectivity index (χ3v) is 4.13. The summed E-state index contributed by atoms with van der Waals surface area (Å²) < 4.78 is 47.3. The molecule has 1 amide bonds. The molecule has 0 saturated carbocycles. The van der Waals surface area contributed by atoms with Gasteiger partial charge in [-0.2, -0.15) is 0 Å². The Morgan fingerprint density at radius 2 is 1.68 bits per heavy atom. The van der Waals surface area contributed by atoms with E-state index in [1.807, 2.05) is 0 Å². The van der Waals surface area contributed by atoms with Crippen molar-refractivity contribution in [2.24, 2.45) is 5.14 Å². The van der Waals surface area contributed by atoms with Crippen molar-refractivity contribution in [3.63, 3.8) is 0 Å². The second-order valence-electron chi connectivity index (χ2n) is 5.20. The number of nitrogens with one attached hydrogen (secondary N) is 1. The minimum atomic E-state index is -4.09. The lowest BCUT2D eigenvalue weighted by atomic mass is 10.2. The monoisotopic (exact) mass is 414 g/mol. The highest BCUT2D eigenvalue weighted by atomic mass is 32.2. The van der Waals surface area contributed by atoms with E-state index in [0.717, 1.165) is 12.1 Å². The largest absolute Gasteiger partial charge is 0.493 e. The van der Waals surface area contributed by atoms with E-state index in [1.165, 1.54) is 33.5 Å². The molecule has 0 aliphatic carbocycles. The molecular weight excluding hydrogens is 396 g/mol. The van der Waals surface area contributed by atoms with Crippen LogP contribution in [0, 0.1) is 0 Å². The molecule has 0 atom stereocenters. The number of anilines is 1. The summed E-state index contributed by atoms with van der Waals surface area (Å²) in [7, 11) is 0.185. The zero-order chi connectivity index (χ0) is 20.9. The van der Waals surface area contributed by atoms with Gasteiger partial charge in [-0.25, -0.2) is 18.4 Å². The number of sulfonamides is 1. The molecule has 1 heterocycles. The molecule has 0 radical (unpaired) electrons. The number of furan rings is 1. The number of hydrogen-bond acceptors (Lipinski definition) is 9. The number of hydrogen-bond donors (Lipinski definition) is 2. The molecule has 0 spiro atoms. The fraction of sp³-hybridized carbons (Fsp3) is 0.250. The van der Waals surface area contributed by atoms with Crippen molar-refractivity contribution < 1.29 is 41.4 Å². The average molecular weight is 414 g/mol. The van der Waals surface area contributed by atoms with E-state index in [-0.39, 0.29) is 0 Å². The molecule has 0 aliphatic rings. The predicted octanol–water partition coefficient (Wildman–Crippen LogP) is 0.748. The summed E-state index contributed by atoms with van der Waals surface area (Å²) in [5.74, 6) is -1.13. The van der Waals surface area contributed by atoms with Gasteiger partial charge in [0.25, 0.3) is 15.9 Å². The first-order chi connectivity index (χ1) is 13.2. The van der Waals surface area contributed by atoms with Crippen LogP contribution in [0.5, 0.6) is 17.2 Å². The number of rotatable bonds is 8. The van der Waals surface area contributed by atoms with Crippen LogP contribution in [0.4, 0.5) is 5.69 Å². The summed E-state index contributed by atoms with van der Waals surface area (Å²) in [4.78, 5) is 23.9. The lowest BCUT2D eigenvalue weighted by Crippen LogP contribution is -2.21. The Morgan fingerprint density at radius 3 is 2.14 bits per heavy atom. The molecule has 0 saturated heterocycles. The number of esters is 1. The smallest absolute Gasteiger partial charge is 0.374 e. The summed E-state index contributed by atoms with van der Waals surface area (Å²) in [6.45, 7) is -0.652. The van der Waals surface area contributed by atoms with Gasteiger partial charge in [0.05, 0.1) is 21.3 Å². The zero-order valence-corrected chi connectivity index (χ0v) is 16.0. The van der Waals surface area contributed by atoms with E-state index in [9.17, 15) is 18.0 Å². The van der Waals surface area contributed by atoms with Gasteiger partial charge >= 0.3 is 5.97 Å². The Morgan fingerprint density at radius 1 is 1.07 bits per heavy atom. The average Bonchev–Trinajstić information content (AvgIpc) is 3.16. The SMILES string of the molecule is COc1cc(NC(=O)COC(=O)c2ccc(S(N)(=O)=O)o2)cc(OC)c1OC. The Bertz CT molecular complexity index is 957. The highest BCUT2D eigenvalue weighted by molar-refractivity contribution is 7.89. The fourth-order valence-electron chi connectivity index (χ4n) is 2.14. The highest BCUT2D eigenvalue weighted by Gasteiger charge is 2.20. The molecule has 0 fully saturated rings. The van der Waals surface area contributed by atoms with Gasteiger partial charge in [-0.05, 0) is 12.1 Å². The van der Waals surface area contributed by atoms with Crippen LogP contribution in [0.2, 0.25) is 0 Å². The molecule has 11 nitrogen and oxygen atoms in total. The van der Waals surface area contributed by atoms with Crippen LogP contribution in [0.15, 0.2) is 33.8 Å². The lowest BCUT2D eigenvalue weighted by Gasteiger charge is -2.14.